The van der Waals surface area contributed by atoms with E-state index in [1.54, 1.807) is 31.4 Å². The largest absolute Gasteiger partial charge is 0.497 e. The molecule has 0 aliphatic heterocycles. The van der Waals surface area contributed by atoms with Crippen LogP contribution >= 0.6 is 0 Å². The van der Waals surface area contributed by atoms with E-state index >= 15 is 0 Å². The van der Waals surface area contributed by atoms with E-state index in [4.69, 9.17) is 15.2 Å². The Morgan fingerprint density at radius 2 is 1.78 bits per heavy atom. The molecule has 0 aliphatic rings. The number of rotatable bonds is 3. The smallest absolute Gasteiger partial charge is 0.333 e. The van der Waals surface area contributed by atoms with E-state index in [0.29, 0.717) is 5.70 Å². The fourth-order valence-electron chi connectivity index (χ4n) is 1.33. The van der Waals surface area contributed by atoms with E-state index in [1.807, 2.05) is 20.8 Å². The third-order valence-electron chi connectivity index (χ3n) is 2.10. The summed E-state index contributed by atoms with van der Waals surface area (Å²) < 4.78 is 10.2. The Hall–Kier alpha value is -1.97. The summed E-state index contributed by atoms with van der Waals surface area (Å²) in [6.45, 7) is 5.42. The average molecular weight is 249 g/mol. The number of carbonyl (C=O) groups excluding carboxylic acids is 1. The molecular weight excluding hydrogens is 230 g/mol. The monoisotopic (exact) mass is 249 g/mol. The van der Waals surface area contributed by atoms with Crippen molar-refractivity contribution in [2.75, 3.05) is 7.11 Å². The van der Waals surface area contributed by atoms with Gasteiger partial charge in [-0.1, -0.05) is 0 Å². The van der Waals surface area contributed by atoms with Gasteiger partial charge in [0.05, 0.1) is 7.11 Å². The van der Waals surface area contributed by atoms with Crippen LogP contribution in [0.25, 0.3) is 5.70 Å². The van der Waals surface area contributed by atoms with E-state index in [9.17, 15) is 4.79 Å². The molecule has 0 fully saturated rings. The van der Waals surface area contributed by atoms with Crippen molar-refractivity contribution in [3.8, 4) is 5.75 Å². The third kappa shape index (κ3) is 4.49. The van der Waals surface area contributed by atoms with Crippen LogP contribution in [0.2, 0.25) is 0 Å². The average Bonchev–Trinajstić information content (AvgIpc) is 2.26. The Morgan fingerprint density at radius 1 is 1.22 bits per heavy atom. The molecule has 4 heteroatoms. The fourth-order valence-corrected chi connectivity index (χ4v) is 1.33. The summed E-state index contributed by atoms with van der Waals surface area (Å²) in [4.78, 5) is 11.6. The van der Waals surface area contributed by atoms with Gasteiger partial charge in [0.1, 0.15) is 11.4 Å². The number of hydrogen-bond acceptors (Lipinski definition) is 4. The second-order valence-electron chi connectivity index (χ2n) is 4.86. The Balaban J connectivity index is 2.79. The minimum absolute atomic E-state index is 0.368. The highest BCUT2D eigenvalue weighted by Crippen LogP contribution is 2.16. The minimum Gasteiger partial charge on any atom is -0.497 e. The topological polar surface area (TPSA) is 61.5 Å². The lowest BCUT2D eigenvalue weighted by atomic mass is 10.1. The molecule has 0 bridgehead atoms. The summed E-state index contributed by atoms with van der Waals surface area (Å²) in [6.07, 6.45) is 1.28. The van der Waals surface area contributed by atoms with Crippen LogP contribution in [0.4, 0.5) is 0 Å². The maximum absolute atomic E-state index is 11.6. The summed E-state index contributed by atoms with van der Waals surface area (Å²) in [5.74, 6) is 0.291. The van der Waals surface area contributed by atoms with Crippen molar-refractivity contribution in [3.63, 3.8) is 0 Å². The highest BCUT2D eigenvalue weighted by atomic mass is 16.6. The Bertz CT molecular complexity index is 441. The zero-order valence-corrected chi connectivity index (χ0v) is 11.2. The number of esters is 1. The molecule has 0 saturated heterocycles. The number of hydrogen-bond donors (Lipinski definition) is 1. The minimum atomic E-state index is -0.520. The molecule has 0 amide bonds. The molecule has 0 aliphatic carbocycles. The van der Waals surface area contributed by atoms with Crippen molar-refractivity contribution in [3.05, 3.63) is 35.9 Å². The van der Waals surface area contributed by atoms with Crippen molar-refractivity contribution < 1.29 is 14.3 Å². The first-order valence-electron chi connectivity index (χ1n) is 5.66. The molecule has 0 radical (unpaired) electrons. The van der Waals surface area contributed by atoms with Crippen molar-refractivity contribution in [1.29, 1.82) is 0 Å². The predicted molar refractivity (Wildman–Crippen MR) is 71.0 cm³/mol. The van der Waals surface area contributed by atoms with Crippen molar-refractivity contribution in [2.24, 2.45) is 5.73 Å². The van der Waals surface area contributed by atoms with Gasteiger partial charge in [0, 0.05) is 11.8 Å². The van der Waals surface area contributed by atoms with Crippen molar-refractivity contribution in [1.82, 2.24) is 0 Å². The zero-order valence-electron chi connectivity index (χ0n) is 11.2. The molecule has 1 aromatic carbocycles. The van der Waals surface area contributed by atoms with Crippen LogP contribution in [-0.2, 0) is 9.53 Å². The third-order valence-corrected chi connectivity index (χ3v) is 2.10. The summed E-state index contributed by atoms with van der Waals surface area (Å²) in [5, 5.41) is 0. The predicted octanol–water partition coefficient (Wildman–Crippen LogP) is 2.34. The van der Waals surface area contributed by atoms with Crippen molar-refractivity contribution in [2.45, 2.75) is 26.4 Å². The number of methoxy groups -OCH3 is 1. The quantitative estimate of drug-likeness (QED) is 0.659. The van der Waals surface area contributed by atoms with E-state index in [1.165, 1.54) is 6.08 Å². The second-order valence-corrected chi connectivity index (χ2v) is 4.86. The van der Waals surface area contributed by atoms with E-state index in [2.05, 4.69) is 0 Å². The first-order chi connectivity index (χ1) is 8.31. The normalized spacial score (nSPS) is 12.1. The van der Waals surface area contributed by atoms with Crippen LogP contribution in [0.15, 0.2) is 30.3 Å². The zero-order chi connectivity index (χ0) is 13.8. The Kier molecular flexibility index (Phi) is 4.37. The fraction of sp³-hybridized carbons (Fsp3) is 0.357. The van der Waals surface area contributed by atoms with Crippen molar-refractivity contribution >= 4 is 11.7 Å². The first-order valence-corrected chi connectivity index (χ1v) is 5.66. The number of benzene rings is 1. The molecule has 0 aromatic heterocycles. The lowest BCUT2D eigenvalue weighted by Crippen LogP contribution is -2.23. The standard InChI is InChI=1S/C14H19NO3/c1-14(2,3)18-13(16)9-12(15)10-5-7-11(17-4)8-6-10/h5-9H,15H2,1-4H3. The molecule has 98 valence electrons. The van der Waals surface area contributed by atoms with Gasteiger partial charge in [-0.25, -0.2) is 4.79 Å². The van der Waals surface area contributed by atoms with E-state index in [0.717, 1.165) is 11.3 Å². The van der Waals surface area contributed by atoms with Gasteiger partial charge in [-0.3, -0.25) is 0 Å². The van der Waals surface area contributed by atoms with E-state index in [-0.39, 0.29) is 0 Å². The van der Waals surface area contributed by atoms with Gasteiger partial charge in [-0.15, -0.1) is 0 Å². The number of ether oxygens (including phenoxy) is 2. The molecule has 1 rings (SSSR count). The maximum Gasteiger partial charge on any atom is 0.333 e. The van der Waals surface area contributed by atoms with Crippen LogP contribution in [0.1, 0.15) is 26.3 Å². The first kappa shape index (κ1) is 14.1. The summed E-state index contributed by atoms with van der Waals surface area (Å²) in [7, 11) is 1.59. The summed E-state index contributed by atoms with van der Waals surface area (Å²) in [5.41, 5.74) is 6.42. The molecule has 0 atom stereocenters. The Labute approximate surface area is 107 Å². The molecule has 2 N–H and O–H groups in total. The second kappa shape index (κ2) is 5.58. The van der Waals surface area contributed by atoms with Gasteiger partial charge in [-0.2, -0.15) is 0 Å². The van der Waals surface area contributed by atoms with Gasteiger partial charge in [0.15, 0.2) is 0 Å². The SMILES string of the molecule is COc1ccc(C(N)=CC(=O)OC(C)(C)C)cc1. The van der Waals surface area contributed by atoms with Crippen LogP contribution < -0.4 is 10.5 Å². The van der Waals surface area contributed by atoms with Gasteiger partial charge in [0.2, 0.25) is 0 Å². The molecule has 18 heavy (non-hydrogen) atoms. The molecule has 0 saturated carbocycles. The molecule has 4 nitrogen and oxygen atoms in total. The summed E-state index contributed by atoms with van der Waals surface area (Å²) in [6, 6.07) is 7.14. The number of carbonyl (C=O) groups is 1. The van der Waals surface area contributed by atoms with Crippen LogP contribution in [0, 0.1) is 0 Å². The lowest BCUT2D eigenvalue weighted by molar-refractivity contribution is -0.148. The van der Waals surface area contributed by atoms with Gasteiger partial charge >= 0.3 is 5.97 Å². The highest BCUT2D eigenvalue weighted by Gasteiger charge is 2.14. The van der Waals surface area contributed by atoms with Crippen LogP contribution in [0.5, 0.6) is 5.75 Å². The molecule has 0 heterocycles. The summed E-state index contributed by atoms with van der Waals surface area (Å²) >= 11 is 0. The molecule has 0 spiro atoms. The lowest BCUT2D eigenvalue weighted by Gasteiger charge is -2.18. The van der Waals surface area contributed by atoms with Gasteiger partial charge in [-0.05, 0) is 50.6 Å². The van der Waals surface area contributed by atoms with Gasteiger partial charge in [0.25, 0.3) is 0 Å². The Morgan fingerprint density at radius 3 is 2.22 bits per heavy atom. The highest BCUT2D eigenvalue weighted by molar-refractivity contribution is 5.90. The molecule has 1 aromatic rings. The van der Waals surface area contributed by atoms with Crippen LogP contribution in [-0.4, -0.2) is 18.7 Å². The molecule has 0 unspecified atom stereocenters. The molecular formula is C14H19NO3. The number of nitrogens with two attached hydrogens (primary N) is 1. The van der Waals surface area contributed by atoms with E-state index < -0.39 is 11.6 Å². The maximum atomic E-state index is 11.6. The van der Waals surface area contributed by atoms with Gasteiger partial charge < -0.3 is 15.2 Å². The van der Waals surface area contributed by atoms with Crippen LogP contribution in [0.3, 0.4) is 0 Å².